The molecule has 0 atom stereocenters. The molecule has 4 N–H and O–H groups in total. The van der Waals surface area contributed by atoms with E-state index in [0.29, 0.717) is 22.5 Å². The average molecular weight is 366 g/mol. The van der Waals surface area contributed by atoms with Crippen LogP contribution in [0.15, 0.2) is 49.2 Å². The van der Waals surface area contributed by atoms with Gasteiger partial charge in [0.1, 0.15) is 23.6 Å². The third kappa shape index (κ3) is 2.84. The van der Waals surface area contributed by atoms with Gasteiger partial charge >= 0.3 is 0 Å². The van der Waals surface area contributed by atoms with Gasteiger partial charge in [-0.3, -0.25) is 9.78 Å². The lowest BCUT2D eigenvalue weighted by atomic mass is 10.0. The van der Waals surface area contributed by atoms with E-state index in [1.807, 2.05) is 0 Å². The van der Waals surface area contributed by atoms with Gasteiger partial charge in [-0.25, -0.2) is 18.7 Å². The molecular formula is C18H12F2N6O. The van der Waals surface area contributed by atoms with Gasteiger partial charge in [0.25, 0.3) is 0 Å². The third-order valence-corrected chi connectivity index (χ3v) is 4.01. The van der Waals surface area contributed by atoms with Crippen LogP contribution in [0.2, 0.25) is 0 Å². The molecule has 27 heavy (non-hydrogen) atoms. The summed E-state index contributed by atoms with van der Waals surface area (Å²) < 4.78 is 28.4. The molecule has 4 aromatic rings. The van der Waals surface area contributed by atoms with Crippen LogP contribution in [0.25, 0.3) is 11.0 Å². The molecule has 3 aromatic heterocycles. The topological polar surface area (TPSA) is 110 Å². The molecule has 7 nitrogen and oxygen atoms in total. The Morgan fingerprint density at radius 3 is 2.67 bits per heavy atom. The molecule has 0 unspecified atom stereocenters. The molecule has 0 amide bonds. The van der Waals surface area contributed by atoms with Crippen LogP contribution in [0, 0.1) is 11.6 Å². The van der Waals surface area contributed by atoms with Crippen molar-refractivity contribution in [3.05, 3.63) is 71.9 Å². The Hall–Kier alpha value is -3.88. The highest BCUT2D eigenvalue weighted by molar-refractivity contribution is 6.18. The number of fused-ring (bicyclic) bond motifs is 1. The first-order chi connectivity index (χ1) is 13.1. The number of carbonyl (C=O) groups is 1. The first-order valence-electron chi connectivity index (χ1n) is 7.83. The summed E-state index contributed by atoms with van der Waals surface area (Å²) in [4.78, 5) is 27.8. The van der Waals surface area contributed by atoms with E-state index in [2.05, 4.69) is 25.3 Å². The fourth-order valence-electron chi connectivity index (χ4n) is 2.72. The maximum atomic E-state index is 14.3. The number of benzene rings is 1. The zero-order chi connectivity index (χ0) is 19.0. The highest BCUT2D eigenvalue weighted by Crippen LogP contribution is 2.29. The van der Waals surface area contributed by atoms with Gasteiger partial charge in [-0.15, -0.1) is 0 Å². The molecule has 3 heterocycles. The number of pyridine rings is 1. The van der Waals surface area contributed by atoms with Crippen LogP contribution in [0.4, 0.5) is 26.0 Å². The number of nitrogen functional groups attached to an aromatic ring is 1. The maximum absolute atomic E-state index is 14.3. The summed E-state index contributed by atoms with van der Waals surface area (Å²) in [7, 11) is 0. The lowest BCUT2D eigenvalue weighted by Gasteiger charge is -2.09. The predicted octanol–water partition coefficient (Wildman–Crippen LogP) is 3.19. The van der Waals surface area contributed by atoms with Crippen LogP contribution in [0.1, 0.15) is 15.9 Å². The van der Waals surface area contributed by atoms with E-state index in [1.165, 1.54) is 12.5 Å². The second kappa shape index (κ2) is 6.45. The van der Waals surface area contributed by atoms with Gasteiger partial charge in [0.15, 0.2) is 5.82 Å². The molecule has 0 radical (unpaired) electrons. The Morgan fingerprint density at radius 2 is 1.89 bits per heavy atom. The van der Waals surface area contributed by atoms with Crippen molar-refractivity contribution in [1.82, 2.24) is 19.9 Å². The van der Waals surface area contributed by atoms with Crippen LogP contribution in [0.5, 0.6) is 0 Å². The number of hydrogen-bond acceptors (Lipinski definition) is 6. The second-order valence-electron chi connectivity index (χ2n) is 5.66. The van der Waals surface area contributed by atoms with Crippen molar-refractivity contribution in [2.24, 2.45) is 0 Å². The van der Waals surface area contributed by atoms with Crippen LogP contribution in [0.3, 0.4) is 0 Å². The average Bonchev–Trinajstić information content (AvgIpc) is 3.11. The van der Waals surface area contributed by atoms with Crippen LogP contribution < -0.4 is 11.1 Å². The second-order valence-corrected chi connectivity index (χ2v) is 5.66. The smallest absolute Gasteiger partial charge is 0.201 e. The van der Waals surface area contributed by atoms with Gasteiger partial charge < -0.3 is 16.0 Å². The summed E-state index contributed by atoms with van der Waals surface area (Å²) >= 11 is 0. The minimum Gasteiger partial charge on any atom is -0.396 e. The van der Waals surface area contributed by atoms with Crippen LogP contribution in [-0.2, 0) is 0 Å². The number of aromatic amines is 1. The van der Waals surface area contributed by atoms with Crippen molar-refractivity contribution in [2.45, 2.75) is 0 Å². The van der Waals surface area contributed by atoms with E-state index in [9.17, 15) is 13.6 Å². The SMILES string of the molecule is Nc1ccc(F)c(C(=O)c2c[nH]c3ncnc(Nc4ccncc4)c23)c1F. The molecule has 0 fully saturated rings. The highest BCUT2D eigenvalue weighted by atomic mass is 19.1. The molecule has 0 saturated heterocycles. The molecule has 1 aromatic carbocycles. The quantitative estimate of drug-likeness (QED) is 0.378. The Kier molecular flexibility index (Phi) is 3.96. The van der Waals surface area contributed by atoms with Crippen LogP contribution in [-0.4, -0.2) is 25.7 Å². The molecule has 0 spiro atoms. The van der Waals surface area contributed by atoms with Gasteiger partial charge in [0.2, 0.25) is 5.78 Å². The normalized spacial score (nSPS) is 10.9. The molecule has 0 saturated carbocycles. The fourth-order valence-corrected chi connectivity index (χ4v) is 2.72. The summed E-state index contributed by atoms with van der Waals surface area (Å²) in [5.41, 5.74) is 5.47. The van der Waals surface area contributed by atoms with E-state index in [4.69, 9.17) is 5.73 Å². The fraction of sp³-hybridized carbons (Fsp3) is 0. The summed E-state index contributed by atoms with van der Waals surface area (Å²) in [5, 5.41) is 3.35. The summed E-state index contributed by atoms with van der Waals surface area (Å²) in [5.74, 6) is -2.66. The van der Waals surface area contributed by atoms with Crippen molar-refractivity contribution >= 4 is 34.0 Å². The Balaban J connectivity index is 1.86. The number of nitrogens with one attached hydrogen (secondary N) is 2. The number of hydrogen-bond donors (Lipinski definition) is 3. The Morgan fingerprint density at radius 1 is 1.11 bits per heavy atom. The van der Waals surface area contributed by atoms with Gasteiger partial charge in [-0.2, -0.15) is 0 Å². The molecule has 4 rings (SSSR count). The van der Waals surface area contributed by atoms with Crippen molar-refractivity contribution < 1.29 is 13.6 Å². The van der Waals surface area contributed by atoms with Crippen molar-refractivity contribution in [1.29, 1.82) is 0 Å². The first kappa shape index (κ1) is 16.6. The molecule has 0 aliphatic carbocycles. The number of ketones is 1. The number of carbonyl (C=O) groups excluding carboxylic acids is 1. The molecular weight excluding hydrogens is 354 g/mol. The number of anilines is 3. The lowest BCUT2D eigenvalue weighted by molar-refractivity contribution is 0.103. The molecule has 0 bridgehead atoms. The molecule has 0 aliphatic heterocycles. The Labute approximate surface area is 151 Å². The molecule has 9 heteroatoms. The number of H-pyrrole nitrogens is 1. The summed E-state index contributed by atoms with van der Waals surface area (Å²) in [6, 6.07) is 5.43. The number of nitrogens with zero attached hydrogens (tertiary/aromatic N) is 3. The van der Waals surface area contributed by atoms with Crippen molar-refractivity contribution in [3.63, 3.8) is 0 Å². The minimum atomic E-state index is -1.10. The monoisotopic (exact) mass is 366 g/mol. The van der Waals surface area contributed by atoms with E-state index < -0.39 is 23.0 Å². The zero-order valence-corrected chi connectivity index (χ0v) is 13.7. The summed E-state index contributed by atoms with van der Waals surface area (Å²) in [6.45, 7) is 0. The van der Waals surface area contributed by atoms with E-state index in [0.717, 1.165) is 12.1 Å². The van der Waals surface area contributed by atoms with Crippen LogP contribution >= 0.6 is 0 Å². The zero-order valence-electron chi connectivity index (χ0n) is 13.7. The largest absolute Gasteiger partial charge is 0.396 e. The minimum absolute atomic E-state index is 0.0190. The molecule has 0 aliphatic rings. The van der Waals surface area contributed by atoms with Gasteiger partial charge in [0, 0.05) is 24.3 Å². The van der Waals surface area contributed by atoms with Crippen molar-refractivity contribution in [2.75, 3.05) is 11.1 Å². The number of nitrogens with two attached hydrogens (primary N) is 1. The van der Waals surface area contributed by atoms with Crippen molar-refractivity contribution in [3.8, 4) is 0 Å². The van der Waals surface area contributed by atoms with E-state index in [-0.39, 0.29) is 11.3 Å². The maximum Gasteiger partial charge on any atom is 0.201 e. The molecule has 134 valence electrons. The lowest BCUT2D eigenvalue weighted by Crippen LogP contribution is -2.10. The first-order valence-corrected chi connectivity index (χ1v) is 7.83. The van der Waals surface area contributed by atoms with Gasteiger partial charge in [-0.1, -0.05) is 0 Å². The number of rotatable bonds is 4. The highest BCUT2D eigenvalue weighted by Gasteiger charge is 2.25. The number of halogens is 2. The van der Waals surface area contributed by atoms with Gasteiger partial charge in [0.05, 0.1) is 22.2 Å². The Bertz CT molecular complexity index is 1160. The predicted molar refractivity (Wildman–Crippen MR) is 95.6 cm³/mol. The standard InChI is InChI=1S/C18H12F2N6O/c19-11-1-2-12(21)15(20)14(11)16(27)10-7-23-17-13(10)18(25-8-24-17)26-9-3-5-22-6-4-9/h1-8H,21H2,(H2,22,23,24,25,26). The van der Waals surface area contributed by atoms with E-state index >= 15 is 0 Å². The summed E-state index contributed by atoms with van der Waals surface area (Å²) in [6.07, 6.45) is 5.81. The van der Waals surface area contributed by atoms with Gasteiger partial charge in [-0.05, 0) is 24.3 Å². The number of aromatic nitrogens is 4. The van der Waals surface area contributed by atoms with E-state index in [1.54, 1.807) is 24.5 Å². The third-order valence-electron chi connectivity index (χ3n) is 4.01.